The normalized spacial score (nSPS) is 21.2. The molecule has 2 rings (SSSR count). The van der Waals surface area contributed by atoms with Crippen LogP contribution in [0, 0.1) is 5.82 Å². The Morgan fingerprint density at radius 1 is 1.33 bits per heavy atom. The van der Waals surface area contributed by atoms with Crippen LogP contribution in [0.3, 0.4) is 0 Å². The minimum atomic E-state index is -3.55. The van der Waals surface area contributed by atoms with Crippen molar-refractivity contribution in [2.24, 2.45) is 0 Å². The van der Waals surface area contributed by atoms with Gasteiger partial charge in [0, 0.05) is 24.7 Å². The molecule has 1 aromatic rings. The summed E-state index contributed by atoms with van der Waals surface area (Å²) < 4.78 is 40.8. The van der Waals surface area contributed by atoms with Crippen LogP contribution in [-0.4, -0.2) is 32.4 Å². The van der Waals surface area contributed by atoms with Crippen molar-refractivity contribution in [3.8, 4) is 0 Å². The van der Waals surface area contributed by atoms with Gasteiger partial charge in [-0.3, -0.25) is 0 Å². The van der Waals surface area contributed by atoms with E-state index in [4.69, 9.17) is 0 Å². The van der Waals surface area contributed by atoms with E-state index in [-0.39, 0.29) is 16.8 Å². The maximum absolute atomic E-state index is 13.7. The van der Waals surface area contributed by atoms with Gasteiger partial charge in [0.25, 0.3) is 0 Å². The summed E-state index contributed by atoms with van der Waals surface area (Å²) in [5.74, 6) is -0.382. The van der Waals surface area contributed by atoms with Crippen LogP contribution >= 0.6 is 0 Å². The molecule has 1 unspecified atom stereocenters. The molecule has 0 amide bonds. The van der Waals surface area contributed by atoms with Crippen molar-refractivity contribution in [1.29, 1.82) is 0 Å². The van der Waals surface area contributed by atoms with Crippen molar-refractivity contribution in [1.82, 2.24) is 9.62 Å². The molecule has 1 fully saturated rings. The lowest BCUT2D eigenvalue weighted by Gasteiger charge is -2.26. The zero-order valence-electron chi connectivity index (χ0n) is 12.6. The number of halogens is 1. The maximum atomic E-state index is 13.7. The van der Waals surface area contributed by atoms with E-state index in [0.29, 0.717) is 18.7 Å². The summed E-state index contributed by atoms with van der Waals surface area (Å²) in [4.78, 5) is 0.183. The standard InChI is InChI=1S/C15H23FN2O2S/c1-12-6-4-3-5-9-18(12)21(19,20)14-7-8-15(16)13(10-14)11-17-2/h7-8,10,12,17H,3-6,9,11H2,1-2H3. The Morgan fingerprint density at radius 2 is 2.10 bits per heavy atom. The first kappa shape index (κ1) is 16.4. The van der Waals surface area contributed by atoms with E-state index in [2.05, 4.69) is 5.32 Å². The molecule has 118 valence electrons. The van der Waals surface area contributed by atoms with Crippen molar-refractivity contribution < 1.29 is 12.8 Å². The van der Waals surface area contributed by atoms with E-state index in [1.807, 2.05) is 6.92 Å². The molecule has 21 heavy (non-hydrogen) atoms. The van der Waals surface area contributed by atoms with Gasteiger partial charge in [0.1, 0.15) is 5.82 Å². The molecule has 1 N–H and O–H groups in total. The van der Waals surface area contributed by atoms with Crippen LogP contribution in [0.4, 0.5) is 4.39 Å². The fraction of sp³-hybridized carbons (Fsp3) is 0.600. The van der Waals surface area contributed by atoms with Crippen molar-refractivity contribution in [3.63, 3.8) is 0 Å². The molecule has 0 saturated carbocycles. The first-order valence-electron chi connectivity index (χ1n) is 7.41. The molecule has 1 aliphatic heterocycles. The van der Waals surface area contributed by atoms with Gasteiger partial charge in [-0.05, 0) is 45.0 Å². The summed E-state index contributed by atoms with van der Waals surface area (Å²) >= 11 is 0. The molecule has 1 aliphatic rings. The third-order valence-electron chi connectivity index (χ3n) is 3.98. The molecule has 0 spiro atoms. The van der Waals surface area contributed by atoms with E-state index in [0.717, 1.165) is 25.7 Å². The molecule has 6 heteroatoms. The molecule has 0 aromatic heterocycles. The third-order valence-corrected chi connectivity index (χ3v) is 5.99. The zero-order valence-corrected chi connectivity index (χ0v) is 13.4. The van der Waals surface area contributed by atoms with Crippen molar-refractivity contribution >= 4 is 10.0 Å². The lowest BCUT2D eigenvalue weighted by Crippen LogP contribution is -2.38. The van der Waals surface area contributed by atoms with Crippen molar-refractivity contribution in [3.05, 3.63) is 29.6 Å². The van der Waals surface area contributed by atoms with Gasteiger partial charge >= 0.3 is 0 Å². The number of nitrogens with one attached hydrogen (secondary N) is 1. The first-order chi connectivity index (χ1) is 9.96. The van der Waals surface area contributed by atoms with Gasteiger partial charge in [0.05, 0.1) is 4.90 Å². The predicted molar refractivity (Wildman–Crippen MR) is 81.0 cm³/mol. The summed E-state index contributed by atoms with van der Waals surface area (Å²) in [7, 11) is -1.85. The van der Waals surface area contributed by atoms with Gasteiger partial charge < -0.3 is 5.32 Å². The molecule has 1 saturated heterocycles. The van der Waals surface area contributed by atoms with Crippen LogP contribution in [0.25, 0.3) is 0 Å². The highest BCUT2D eigenvalue weighted by Crippen LogP contribution is 2.25. The summed E-state index contributed by atoms with van der Waals surface area (Å²) in [5.41, 5.74) is 0.376. The zero-order chi connectivity index (χ0) is 15.5. The highest BCUT2D eigenvalue weighted by atomic mass is 32.2. The SMILES string of the molecule is CNCc1cc(S(=O)(=O)N2CCCCCC2C)ccc1F. The Kier molecular flexibility index (Phi) is 5.35. The van der Waals surface area contributed by atoms with Gasteiger partial charge in [0.2, 0.25) is 10.0 Å². The van der Waals surface area contributed by atoms with Crippen LogP contribution in [-0.2, 0) is 16.6 Å². The molecule has 0 bridgehead atoms. The maximum Gasteiger partial charge on any atom is 0.243 e. The van der Waals surface area contributed by atoms with Crippen molar-refractivity contribution in [2.75, 3.05) is 13.6 Å². The van der Waals surface area contributed by atoms with E-state index < -0.39 is 10.0 Å². The topological polar surface area (TPSA) is 49.4 Å². The van der Waals surface area contributed by atoms with Crippen LogP contribution in [0.1, 0.15) is 38.2 Å². The highest BCUT2D eigenvalue weighted by molar-refractivity contribution is 7.89. The largest absolute Gasteiger partial charge is 0.316 e. The molecular formula is C15H23FN2O2S. The predicted octanol–water partition coefficient (Wildman–Crippen LogP) is 2.50. The number of benzene rings is 1. The average molecular weight is 314 g/mol. The summed E-state index contributed by atoms with van der Waals surface area (Å²) in [6, 6.07) is 4.04. The molecule has 1 heterocycles. The molecule has 0 radical (unpaired) electrons. The molecular weight excluding hydrogens is 291 g/mol. The minimum absolute atomic E-state index is 0.00435. The van der Waals surface area contributed by atoms with E-state index in [9.17, 15) is 12.8 Å². The lowest BCUT2D eigenvalue weighted by atomic mass is 10.1. The van der Waals surface area contributed by atoms with Gasteiger partial charge in [-0.15, -0.1) is 0 Å². The number of hydrogen-bond donors (Lipinski definition) is 1. The van der Waals surface area contributed by atoms with Gasteiger partial charge in [-0.25, -0.2) is 12.8 Å². The van der Waals surface area contributed by atoms with Gasteiger partial charge in [0.15, 0.2) is 0 Å². The van der Waals surface area contributed by atoms with Crippen molar-refractivity contribution in [2.45, 2.75) is 50.1 Å². The smallest absolute Gasteiger partial charge is 0.243 e. The highest BCUT2D eigenvalue weighted by Gasteiger charge is 2.30. The Labute approximate surface area is 126 Å². The Bertz CT molecular complexity index is 589. The molecule has 1 aromatic carbocycles. The Morgan fingerprint density at radius 3 is 2.81 bits per heavy atom. The summed E-state index contributed by atoms with van der Waals surface area (Å²) in [5, 5.41) is 2.85. The fourth-order valence-corrected chi connectivity index (χ4v) is 4.53. The summed E-state index contributed by atoms with van der Waals surface area (Å²) in [6.45, 7) is 2.80. The Balaban J connectivity index is 2.36. The number of nitrogens with zero attached hydrogens (tertiary/aromatic N) is 1. The molecule has 1 atom stereocenters. The minimum Gasteiger partial charge on any atom is -0.316 e. The monoisotopic (exact) mass is 314 g/mol. The Hall–Kier alpha value is -0.980. The first-order valence-corrected chi connectivity index (χ1v) is 8.85. The second-order valence-corrected chi connectivity index (χ2v) is 7.49. The van der Waals surface area contributed by atoms with E-state index in [1.54, 1.807) is 11.4 Å². The van der Waals surface area contributed by atoms with Crippen LogP contribution in [0.15, 0.2) is 23.1 Å². The molecule has 0 aliphatic carbocycles. The molecule has 4 nitrogen and oxygen atoms in total. The number of sulfonamides is 1. The van der Waals surface area contributed by atoms with Crippen LogP contribution in [0.2, 0.25) is 0 Å². The lowest BCUT2D eigenvalue weighted by molar-refractivity contribution is 0.342. The average Bonchev–Trinajstić information content (AvgIpc) is 2.66. The second-order valence-electron chi connectivity index (χ2n) is 5.60. The van der Waals surface area contributed by atoms with Crippen LogP contribution < -0.4 is 5.32 Å². The van der Waals surface area contributed by atoms with E-state index >= 15 is 0 Å². The number of rotatable bonds is 4. The quantitative estimate of drug-likeness (QED) is 0.929. The number of hydrogen-bond acceptors (Lipinski definition) is 3. The second kappa shape index (κ2) is 6.85. The van der Waals surface area contributed by atoms with Gasteiger partial charge in [-0.1, -0.05) is 12.8 Å². The van der Waals surface area contributed by atoms with Crippen LogP contribution in [0.5, 0.6) is 0 Å². The van der Waals surface area contributed by atoms with E-state index in [1.165, 1.54) is 18.2 Å². The fourth-order valence-electron chi connectivity index (χ4n) is 2.78. The summed E-state index contributed by atoms with van der Waals surface area (Å²) in [6.07, 6.45) is 3.88. The van der Waals surface area contributed by atoms with Gasteiger partial charge in [-0.2, -0.15) is 4.31 Å². The third kappa shape index (κ3) is 3.62.